The van der Waals surface area contributed by atoms with Crippen molar-refractivity contribution in [2.24, 2.45) is 5.73 Å². The molecule has 0 saturated carbocycles. The van der Waals surface area contributed by atoms with Crippen LogP contribution in [0.15, 0.2) is 33.4 Å². The van der Waals surface area contributed by atoms with E-state index in [4.69, 9.17) is 22.7 Å². The standard InChI is InChI=1S/C14H15BrClN3S/c1-19(6-9-4-13(15)20-8-9)7-11-3-2-10(14(17)18)5-12(11)16/h2-5,8H,6-7H2,1H3,(H3,17,18). The maximum Gasteiger partial charge on any atom is 0.122 e. The number of nitrogen functional groups attached to an aromatic ring is 1. The van der Waals surface area contributed by atoms with Gasteiger partial charge in [0.2, 0.25) is 0 Å². The minimum Gasteiger partial charge on any atom is -0.384 e. The van der Waals surface area contributed by atoms with Gasteiger partial charge in [-0.2, -0.15) is 0 Å². The number of thiophene rings is 1. The summed E-state index contributed by atoms with van der Waals surface area (Å²) in [5, 5.41) is 10.2. The molecule has 0 atom stereocenters. The summed E-state index contributed by atoms with van der Waals surface area (Å²) >= 11 is 11.4. The number of rotatable bonds is 5. The van der Waals surface area contributed by atoms with Crippen LogP contribution in [0, 0.1) is 5.41 Å². The Labute approximate surface area is 136 Å². The van der Waals surface area contributed by atoms with E-state index in [1.165, 1.54) is 5.56 Å². The van der Waals surface area contributed by atoms with Gasteiger partial charge in [0.15, 0.2) is 0 Å². The Hall–Kier alpha value is -0.880. The van der Waals surface area contributed by atoms with Crippen molar-refractivity contribution in [2.75, 3.05) is 7.05 Å². The molecule has 1 aromatic carbocycles. The molecular formula is C14H15BrClN3S. The molecule has 0 radical (unpaired) electrons. The first-order chi connectivity index (χ1) is 9.45. The highest BCUT2D eigenvalue weighted by Gasteiger charge is 2.08. The second kappa shape index (κ2) is 6.72. The fraction of sp³-hybridized carbons (Fsp3) is 0.214. The van der Waals surface area contributed by atoms with Crippen molar-refractivity contribution in [1.29, 1.82) is 5.41 Å². The van der Waals surface area contributed by atoms with Crippen LogP contribution in [-0.4, -0.2) is 17.8 Å². The molecular weight excluding hydrogens is 358 g/mol. The fourth-order valence-electron chi connectivity index (χ4n) is 1.93. The van der Waals surface area contributed by atoms with E-state index in [1.807, 2.05) is 12.1 Å². The van der Waals surface area contributed by atoms with Crippen LogP contribution in [0.2, 0.25) is 5.02 Å². The fourth-order valence-corrected chi connectivity index (χ4v) is 3.37. The van der Waals surface area contributed by atoms with Crippen molar-refractivity contribution in [1.82, 2.24) is 4.90 Å². The van der Waals surface area contributed by atoms with Gasteiger partial charge in [-0.1, -0.05) is 23.7 Å². The predicted octanol–water partition coefficient (Wildman–Crippen LogP) is 4.08. The van der Waals surface area contributed by atoms with Gasteiger partial charge in [0.25, 0.3) is 0 Å². The average Bonchev–Trinajstić information content (AvgIpc) is 2.77. The van der Waals surface area contributed by atoms with Crippen LogP contribution < -0.4 is 5.73 Å². The van der Waals surface area contributed by atoms with Crippen LogP contribution in [0.3, 0.4) is 0 Å². The predicted molar refractivity (Wildman–Crippen MR) is 89.7 cm³/mol. The smallest absolute Gasteiger partial charge is 0.122 e. The lowest BCUT2D eigenvalue weighted by Gasteiger charge is -2.17. The third kappa shape index (κ3) is 4.06. The summed E-state index contributed by atoms with van der Waals surface area (Å²) < 4.78 is 1.14. The third-order valence-corrected chi connectivity index (χ3v) is 4.78. The molecule has 20 heavy (non-hydrogen) atoms. The molecule has 0 aliphatic carbocycles. The molecule has 0 saturated heterocycles. The molecule has 0 aliphatic heterocycles. The summed E-state index contributed by atoms with van der Waals surface area (Å²) in [5.41, 5.74) is 8.42. The highest BCUT2D eigenvalue weighted by Crippen LogP contribution is 2.23. The summed E-state index contributed by atoms with van der Waals surface area (Å²) in [6, 6.07) is 7.63. The lowest BCUT2D eigenvalue weighted by molar-refractivity contribution is 0.319. The second-order valence-corrected chi connectivity index (χ2v) is 7.35. The minimum atomic E-state index is 0.0370. The van der Waals surface area contributed by atoms with Gasteiger partial charge < -0.3 is 5.73 Å². The molecule has 1 heterocycles. The number of nitrogens with two attached hydrogens (primary N) is 1. The van der Waals surface area contributed by atoms with E-state index in [0.717, 1.165) is 22.4 Å². The molecule has 2 rings (SSSR count). The summed E-state index contributed by atoms with van der Waals surface area (Å²) in [4.78, 5) is 2.20. The number of hydrogen-bond acceptors (Lipinski definition) is 3. The molecule has 106 valence electrons. The van der Waals surface area contributed by atoms with Crippen molar-refractivity contribution in [3.05, 3.63) is 55.1 Å². The largest absolute Gasteiger partial charge is 0.384 e. The van der Waals surface area contributed by atoms with E-state index in [0.29, 0.717) is 10.6 Å². The zero-order valence-electron chi connectivity index (χ0n) is 11.0. The van der Waals surface area contributed by atoms with Crippen molar-refractivity contribution >= 4 is 44.7 Å². The van der Waals surface area contributed by atoms with Crippen LogP contribution >= 0.6 is 38.9 Å². The van der Waals surface area contributed by atoms with Gasteiger partial charge in [-0.15, -0.1) is 11.3 Å². The Balaban J connectivity index is 2.04. The van der Waals surface area contributed by atoms with Gasteiger partial charge in [0.05, 0.1) is 3.79 Å². The van der Waals surface area contributed by atoms with E-state index < -0.39 is 0 Å². The lowest BCUT2D eigenvalue weighted by atomic mass is 10.1. The van der Waals surface area contributed by atoms with Gasteiger partial charge in [-0.05, 0) is 51.6 Å². The van der Waals surface area contributed by atoms with Crippen molar-refractivity contribution in [3.8, 4) is 0 Å². The number of amidine groups is 1. The molecule has 1 aromatic heterocycles. The maximum atomic E-state index is 7.40. The van der Waals surface area contributed by atoms with Gasteiger partial charge in [0.1, 0.15) is 5.84 Å². The van der Waals surface area contributed by atoms with Gasteiger partial charge in [-0.3, -0.25) is 10.3 Å². The number of hydrogen-bond donors (Lipinski definition) is 2. The molecule has 0 aliphatic rings. The van der Waals surface area contributed by atoms with E-state index in [9.17, 15) is 0 Å². The number of benzene rings is 1. The van der Waals surface area contributed by atoms with Crippen LogP contribution in [0.5, 0.6) is 0 Å². The SMILES string of the molecule is CN(Cc1csc(Br)c1)Cc1ccc(C(=N)N)cc1Cl. The molecule has 0 unspecified atom stereocenters. The Morgan fingerprint density at radius 3 is 2.70 bits per heavy atom. The molecule has 3 nitrogen and oxygen atoms in total. The number of nitrogens with one attached hydrogen (secondary N) is 1. The van der Waals surface area contributed by atoms with Crippen molar-refractivity contribution < 1.29 is 0 Å². The van der Waals surface area contributed by atoms with Gasteiger partial charge >= 0.3 is 0 Å². The van der Waals surface area contributed by atoms with Crippen LogP contribution in [0.4, 0.5) is 0 Å². The lowest BCUT2D eigenvalue weighted by Crippen LogP contribution is -2.17. The van der Waals surface area contributed by atoms with E-state index >= 15 is 0 Å². The third-order valence-electron chi connectivity index (χ3n) is 2.88. The first kappa shape index (κ1) is 15.5. The van der Waals surface area contributed by atoms with Gasteiger partial charge in [-0.25, -0.2) is 0 Å². The quantitative estimate of drug-likeness (QED) is 0.614. The maximum absolute atomic E-state index is 7.40. The minimum absolute atomic E-state index is 0.0370. The van der Waals surface area contributed by atoms with Crippen molar-refractivity contribution in [2.45, 2.75) is 13.1 Å². The van der Waals surface area contributed by atoms with E-state index in [1.54, 1.807) is 17.4 Å². The zero-order valence-corrected chi connectivity index (χ0v) is 14.1. The van der Waals surface area contributed by atoms with E-state index in [-0.39, 0.29) is 5.84 Å². The summed E-state index contributed by atoms with van der Waals surface area (Å²) in [6.45, 7) is 1.62. The molecule has 2 aromatic rings. The monoisotopic (exact) mass is 371 g/mol. The topological polar surface area (TPSA) is 53.1 Å². The molecule has 3 N–H and O–H groups in total. The Morgan fingerprint density at radius 2 is 2.15 bits per heavy atom. The first-order valence-corrected chi connectivity index (χ1v) is 8.05. The first-order valence-electron chi connectivity index (χ1n) is 6.00. The summed E-state index contributed by atoms with van der Waals surface area (Å²) in [5.74, 6) is 0.0370. The molecule has 0 spiro atoms. The summed E-state index contributed by atoms with van der Waals surface area (Å²) in [7, 11) is 2.06. The Bertz CT molecular complexity index is 627. The second-order valence-electron chi connectivity index (χ2n) is 4.65. The highest BCUT2D eigenvalue weighted by atomic mass is 79.9. The Morgan fingerprint density at radius 1 is 1.40 bits per heavy atom. The van der Waals surface area contributed by atoms with Gasteiger partial charge in [0, 0.05) is 23.7 Å². The molecule has 0 bridgehead atoms. The molecule has 0 amide bonds. The Kier molecular flexibility index (Phi) is 5.21. The number of nitrogens with zero attached hydrogens (tertiary/aromatic N) is 1. The van der Waals surface area contributed by atoms with E-state index in [2.05, 4.69) is 39.3 Å². The zero-order chi connectivity index (χ0) is 14.7. The van der Waals surface area contributed by atoms with Crippen LogP contribution in [0.1, 0.15) is 16.7 Å². The van der Waals surface area contributed by atoms with Crippen molar-refractivity contribution in [3.63, 3.8) is 0 Å². The highest BCUT2D eigenvalue weighted by molar-refractivity contribution is 9.11. The van der Waals surface area contributed by atoms with Crippen LogP contribution in [-0.2, 0) is 13.1 Å². The summed E-state index contributed by atoms with van der Waals surface area (Å²) in [6.07, 6.45) is 0. The average molecular weight is 373 g/mol. The molecule has 0 fully saturated rings. The molecule has 6 heteroatoms. The van der Waals surface area contributed by atoms with Crippen LogP contribution in [0.25, 0.3) is 0 Å². The number of halogens is 2. The normalized spacial score (nSPS) is 11.0.